The van der Waals surface area contributed by atoms with Gasteiger partial charge < -0.3 is 5.32 Å². The number of anilines is 1. The van der Waals surface area contributed by atoms with E-state index >= 15 is 0 Å². The van der Waals surface area contributed by atoms with E-state index < -0.39 is 0 Å². The topological polar surface area (TPSA) is 41.5 Å². The maximum absolute atomic E-state index is 12.6. The van der Waals surface area contributed by atoms with Crippen LogP contribution in [-0.2, 0) is 4.79 Å². The van der Waals surface area contributed by atoms with Crippen LogP contribution in [0.5, 0.6) is 0 Å². The Hall–Kier alpha value is -2.68. The SMILES string of the molecule is Cc1ccccc1[C@H]1CC(=O)C2=C(C1)Nc1ccccc1N=C2. The van der Waals surface area contributed by atoms with Crippen LogP contribution in [0, 0.1) is 6.92 Å². The van der Waals surface area contributed by atoms with Crippen molar-refractivity contribution in [2.45, 2.75) is 25.7 Å². The molecule has 0 saturated carbocycles. The van der Waals surface area contributed by atoms with Crippen molar-refractivity contribution in [1.29, 1.82) is 0 Å². The van der Waals surface area contributed by atoms with E-state index in [1.165, 1.54) is 11.1 Å². The molecule has 2 aromatic carbocycles. The zero-order valence-corrected chi connectivity index (χ0v) is 13.0. The van der Waals surface area contributed by atoms with Crippen molar-refractivity contribution in [3.63, 3.8) is 0 Å². The van der Waals surface area contributed by atoms with Gasteiger partial charge in [-0.1, -0.05) is 36.4 Å². The van der Waals surface area contributed by atoms with Crippen LogP contribution in [0.4, 0.5) is 11.4 Å². The van der Waals surface area contributed by atoms with Crippen LogP contribution in [0.3, 0.4) is 0 Å². The van der Waals surface area contributed by atoms with Gasteiger partial charge in [0.25, 0.3) is 0 Å². The van der Waals surface area contributed by atoms with Crippen LogP contribution < -0.4 is 5.32 Å². The number of para-hydroxylation sites is 2. The molecule has 0 saturated heterocycles. The molecule has 3 nitrogen and oxygen atoms in total. The largest absolute Gasteiger partial charge is 0.356 e. The molecule has 114 valence electrons. The molecule has 0 amide bonds. The minimum Gasteiger partial charge on any atom is -0.356 e. The second-order valence-electron chi connectivity index (χ2n) is 6.18. The Bertz CT molecular complexity index is 848. The molecule has 0 radical (unpaired) electrons. The first-order chi connectivity index (χ1) is 11.2. The second-order valence-corrected chi connectivity index (χ2v) is 6.18. The second kappa shape index (κ2) is 5.51. The highest BCUT2D eigenvalue weighted by Crippen LogP contribution is 2.38. The van der Waals surface area contributed by atoms with Gasteiger partial charge in [-0.3, -0.25) is 9.79 Å². The molecular formula is C20H18N2O. The number of nitrogens with one attached hydrogen (secondary N) is 1. The molecule has 2 aliphatic rings. The van der Waals surface area contributed by atoms with Gasteiger partial charge in [0, 0.05) is 18.3 Å². The maximum atomic E-state index is 12.6. The number of rotatable bonds is 1. The van der Waals surface area contributed by atoms with E-state index in [0.717, 1.165) is 29.1 Å². The predicted molar refractivity (Wildman–Crippen MR) is 93.4 cm³/mol. The van der Waals surface area contributed by atoms with E-state index in [1.807, 2.05) is 36.4 Å². The first-order valence-corrected chi connectivity index (χ1v) is 7.94. The molecule has 1 aliphatic carbocycles. The monoisotopic (exact) mass is 302 g/mol. The summed E-state index contributed by atoms with van der Waals surface area (Å²) in [6, 6.07) is 16.2. The van der Waals surface area contributed by atoms with E-state index in [4.69, 9.17) is 0 Å². The molecule has 1 N–H and O–H groups in total. The van der Waals surface area contributed by atoms with Crippen LogP contribution in [-0.4, -0.2) is 12.0 Å². The Balaban J connectivity index is 1.72. The third-order valence-electron chi connectivity index (χ3n) is 4.66. The van der Waals surface area contributed by atoms with E-state index in [-0.39, 0.29) is 11.7 Å². The van der Waals surface area contributed by atoms with Crippen molar-refractivity contribution in [2.24, 2.45) is 4.99 Å². The number of fused-ring (bicyclic) bond motifs is 1. The molecule has 0 unspecified atom stereocenters. The van der Waals surface area contributed by atoms with Crippen LogP contribution in [0.25, 0.3) is 0 Å². The molecule has 3 heteroatoms. The number of ketones is 1. The van der Waals surface area contributed by atoms with E-state index in [9.17, 15) is 4.79 Å². The molecule has 2 aromatic rings. The van der Waals surface area contributed by atoms with Gasteiger partial charge in [-0.15, -0.1) is 0 Å². The first kappa shape index (κ1) is 13.9. The lowest BCUT2D eigenvalue weighted by Crippen LogP contribution is -2.22. The number of Topliss-reactive ketones (excluding diaryl/α,β-unsaturated/α-hetero) is 1. The Morgan fingerprint density at radius 3 is 2.70 bits per heavy atom. The predicted octanol–water partition coefficient (Wildman–Crippen LogP) is 4.52. The van der Waals surface area contributed by atoms with Crippen molar-refractivity contribution in [2.75, 3.05) is 5.32 Å². The lowest BCUT2D eigenvalue weighted by Gasteiger charge is -2.26. The highest BCUT2D eigenvalue weighted by molar-refractivity contribution is 6.16. The summed E-state index contributed by atoms with van der Waals surface area (Å²) >= 11 is 0. The Morgan fingerprint density at radius 2 is 1.83 bits per heavy atom. The fourth-order valence-corrected chi connectivity index (χ4v) is 3.45. The summed E-state index contributed by atoms with van der Waals surface area (Å²) in [6.07, 6.45) is 3.12. The van der Waals surface area contributed by atoms with Crippen molar-refractivity contribution < 1.29 is 4.79 Å². The van der Waals surface area contributed by atoms with E-state index in [0.29, 0.717) is 6.42 Å². The molecule has 0 fully saturated rings. The minimum atomic E-state index is 0.170. The molecule has 1 atom stereocenters. The smallest absolute Gasteiger partial charge is 0.166 e. The molecular weight excluding hydrogens is 284 g/mol. The van der Waals surface area contributed by atoms with Gasteiger partial charge in [-0.05, 0) is 42.5 Å². The summed E-state index contributed by atoms with van der Waals surface area (Å²) in [6.45, 7) is 2.11. The fourth-order valence-electron chi connectivity index (χ4n) is 3.45. The summed E-state index contributed by atoms with van der Waals surface area (Å²) in [4.78, 5) is 17.1. The zero-order chi connectivity index (χ0) is 15.8. The quantitative estimate of drug-likeness (QED) is 0.841. The number of aliphatic imine (C=N–C) groups is 1. The van der Waals surface area contributed by atoms with Gasteiger partial charge in [0.15, 0.2) is 5.78 Å². The third-order valence-corrected chi connectivity index (χ3v) is 4.66. The molecule has 0 aromatic heterocycles. The first-order valence-electron chi connectivity index (χ1n) is 7.94. The van der Waals surface area contributed by atoms with Crippen molar-refractivity contribution in [3.05, 3.63) is 70.9 Å². The average Bonchev–Trinajstić information content (AvgIpc) is 2.74. The summed E-state index contributed by atoms with van der Waals surface area (Å²) in [7, 11) is 0. The van der Waals surface area contributed by atoms with Gasteiger partial charge >= 0.3 is 0 Å². The van der Waals surface area contributed by atoms with Crippen molar-refractivity contribution in [3.8, 4) is 0 Å². The third kappa shape index (κ3) is 2.48. The highest BCUT2D eigenvalue weighted by Gasteiger charge is 2.29. The van der Waals surface area contributed by atoms with Gasteiger partial charge in [0.05, 0.1) is 16.9 Å². The van der Waals surface area contributed by atoms with Crippen LogP contribution in [0.2, 0.25) is 0 Å². The van der Waals surface area contributed by atoms with Crippen LogP contribution >= 0.6 is 0 Å². The lowest BCUT2D eigenvalue weighted by molar-refractivity contribution is -0.115. The van der Waals surface area contributed by atoms with Crippen molar-refractivity contribution >= 4 is 23.4 Å². The summed E-state index contributed by atoms with van der Waals surface area (Å²) in [5.74, 6) is 0.400. The summed E-state index contributed by atoms with van der Waals surface area (Å²) < 4.78 is 0. The normalized spacial score (nSPS) is 19.7. The Labute approximate surface area is 135 Å². The number of hydrogen-bond donors (Lipinski definition) is 1. The van der Waals surface area contributed by atoms with E-state index in [2.05, 4.69) is 29.4 Å². The molecule has 1 heterocycles. The minimum absolute atomic E-state index is 0.170. The number of hydrogen-bond acceptors (Lipinski definition) is 3. The molecule has 1 aliphatic heterocycles. The zero-order valence-electron chi connectivity index (χ0n) is 13.0. The fraction of sp³-hybridized carbons (Fsp3) is 0.200. The molecule has 4 rings (SSSR count). The summed E-state index contributed by atoms with van der Waals surface area (Å²) in [5, 5.41) is 3.44. The Kier molecular flexibility index (Phi) is 3.34. The maximum Gasteiger partial charge on any atom is 0.166 e. The lowest BCUT2D eigenvalue weighted by atomic mass is 9.80. The number of carbonyl (C=O) groups excluding carboxylic acids is 1. The van der Waals surface area contributed by atoms with Gasteiger partial charge in [-0.25, -0.2) is 0 Å². The molecule has 0 bridgehead atoms. The average molecular weight is 302 g/mol. The van der Waals surface area contributed by atoms with Gasteiger partial charge in [0.2, 0.25) is 0 Å². The highest BCUT2D eigenvalue weighted by atomic mass is 16.1. The van der Waals surface area contributed by atoms with Gasteiger partial charge in [0.1, 0.15) is 0 Å². The van der Waals surface area contributed by atoms with Crippen molar-refractivity contribution in [1.82, 2.24) is 0 Å². The van der Waals surface area contributed by atoms with Crippen LogP contribution in [0.15, 0.2) is 64.8 Å². The number of benzene rings is 2. The number of allylic oxidation sites excluding steroid dienone is 2. The number of carbonyl (C=O) groups is 1. The van der Waals surface area contributed by atoms with E-state index in [1.54, 1.807) is 6.21 Å². The van der Waals surface area contributed by atoms with Crippen LogP contribution in [0.1, 0.15) is 29.9 Å². The number of aryl methyl sites for hydroxylation is 1. The molecule has 23 heavy (non-hydrogen) atoms. The van der Waals surface area contributed by atoms with Gasteiger partial charge in [-0.2, -0.15) is 0 Å². The molecule has 0 spiro atoms. The standard InChI is InChI=1S/C20H18N2O/c1-13-6-2-3-7-15(13)14-10-19-16(20(23)11-14)12-21-17-8-4-5-9-18(17)22-19/h2-9,12,14,22H,10-11H2,1H3/t14-/m1/s1. The number of nitrogens with zero attached hydrogens (tertiary/aromatic N) is 1. The summed E-state index contributed by atoms with van der Waals surface area (Å²) in [5.41, 5.74) is 6.07. The Morgan fingerprint density at radius 1 is 1.04 bits per heavy atom.